The highest BCUT2D eigenvalue weighted by atomic mass is 14.7. The Labute approximate surface area is 202 Å². The highest BCUT2D eigenvalue weighted by Crippen LogP contribution is 2.33. The SMILES string of the molecule is CC.Cc1ccc(-c2ccc3[nH]c4ccc(-c5ccccc5)cc4c3c2)cc1.c1ccccc1. The van der Waals surface area contributed by atoms with Crippen LogP contribution in [0.4, 0.5) is 0 Å². The number of benzene rings is 5. The van der Waals surface area contributed by atoms with E-state index >= 15 is 0 Å². The Kier molecular flexibility index (Phi) is 7.57. The summed E-state index contributed by atoms with van der Waals surface area (Å²) in [6.45, 7) is 6.12. The Bertz CT molecular complexity index is 1420. The molecule has 0 saturated heterocycles. The van der Waals surface area contributed by atoms with Gasteiger partial charge in [-0.3, -0.25) is 0 Å². The van der Waals surface area contributed by atoms with Crippen molar-refractivity contribution in [3.63, 3.8) is 0 Å². The summed E-state index contributed by atoms with van der Waals surface area (Å²) < 4.78 is 0. The second kappa shape index (κ2) is 11.2. The number of hydrogen-bond acceptors (Lipinski definition) is 0. The first-order valence-corrected chi connectivity index (χ1v) is 12.0. The van der Waals surface area contributed by atoms with E-state index in [0.717, 1.165) is 0 Å². The van der Waals surface area contributed by atoms with Crippen molar-refractivity contribution in [2.24, 2.45) is 0 Å². The highest BCUT2D eigenvalue weighted by Gasteiger charge is 2.08. The van der Waals surface area contributed by atoms with E-state index < -0.39 is 0 Å². The molecule has 34 heavy (non-hydrogen) atoms. The predicted molar refractivity (Wildman–Crippen MR) is 149 cm³/mol. The van der Waals surface area contributed by atoms with Crippen LogP contribution in [0.3, 0.4) is 0 Å². The van der Waals surface area contributed by atoms with E-state index in [4.69, 9.17) is 0 Å². The maximum Gasteiger partial charge on any atom is 0.0465 e. The van der Waals surface area contributed by atoms with Gasteiger partial charge in [0.1, 0.15) is 0 Å². The molecule has 0 bridgehead atoms. The summed E-state index contributed by atoms with van der Waals surface area (Å²) >= 11 is 0. The molecule has 0 aliphatic rings. The van der Waals surface area contributed by atoms with Gasteiger partial charge in [0.25, 0.3) is 0 Å². The first kappa shape index (κ1) is 23.1. The minimum absolute atomic E-state index is 1.18. The molecule has 1 nitrogen and oxygen atoms in total. The zero-order chi connectivity index (χ0) is 23.8. The van der Waals surface area contributed by atoms with Crippen molar-refractivity contribution in [1.82, 2.24) is 4.98 Å². The summed E-state index contributed by atoms with van der Waals surface area (Å²) in [4.78, 5) is 3.54. The van der Waals surface area contributed by atoms with Crippen LogP contribution in [0.2, 0.25) is 0 Å². The standard InChI is InChI=1S/C25H19N.C6H6.C2H6/c1-17-7-9-19(10-8-17)21-12-14-25-23(16-21)22-15-20(11-13-24(22)26-25)18-5-3-2-4-6-18;1-2-4-6-5-3-1;1-2/h2-16,26H,1H3;1-6H;1-2H3. The molecule has 1 aromatic heterocycles. The van der Waals surface area contributed by atoms with Crippen molar-refractivity contribution in [2.45, 2.75) is 20.8 Å². The molecule has 0 fully saturated rings. The van der Waals surface area contributed by atoms with Gasteiger partial charge in [-0.15, -0.1) is 0 Å². The summed E-state index contributed by atoms with van der Waals surface area (Å²) in [5, 5.41) is 2.55. The Morgan fingerprint density at radius 3 is 1.26 bits per heavy atom. The second-order valence-electron chi connectivity index (χ2n) is 8.03. The number of aryl methyl sites for hydroxylation is 1. The lowest BCUT2D eigenvalue weighted by atomic mass is 10.00. The maximum absolute atomic E-state index is 3.54. The molecule has 168 valence electrons. The molecule has 5 aromatic carbocycles. The van der Waals surface area contributed by atoms with E-state index in [2.05, 4.69) is 103 Å². The van der Waals surface area contributed by atoms with Gasteiger partial charge < -0.3 is 4.98 Å². The third-order valence-corrected chi connectivity index (χ3v) is 5.76. The van der Waals surface area contributed by atoms with Gasteiger partial charge in [-0.25, -0.2) is 0 Å². The minimum Gasteiger partial charge on any atom is -0.355 e. The smallest absolute Gasteiger partial charge is 0.0465 e. The number of hydrogen-bond donors (Lipinski definition) is 1. The lowest BCUT2D eigenvalue weighted by Gasteiger charge is -2.04. The third-order valence-electron chi connectivity index (χ3n) is 5.76. The average Bonchev–Trinajstić information content (AvgIpc) is 3.29. The summed E-state index contributed by atoms with van der Waals surface area (Å²) in [7, 11) is 0. The van der Waals surface area contributed by atoms with E-state index in [-0.39, 0.29) is 0 Å². The number of fused-ring (bicyclic) bond motifs is 3. The maximum atomic E-state index is 3.54. The second-order valence-corrected chi connectivity index (χ2v) is 8.03. The molecule has 1 N–H and O–H groups in total. The lowest BCUT2D eigenvalue weighted by Crippen LogP contribution is -1.79. The van der Waals surface area contributed by atoms with Gasteiger partial charge in [-0.2, -0.15) is 0 Å². The molecule has 0 aliphatic heterocycles. The van der Waals surface area contributed by atoms with Crippen LogP contribution in [0.5, 0.6) is 0 Å². The monoisotopic (exact) mass is 441 g/mol. The quantitative estimate of drug-likeness (QED) is 0.275. The molecule has 1 heteroatoms. The number of H-pyrrole nitrogens is 1. The van der Waals surface area contributed by atoms with Crippen LogP contribution in [0.25, 0.3) is 44.1 Å². The molecule has 6 aromatic rings. The van der Waals surface area contributed by atoms with Crippen molar-refractivity contribution in [2.75, 3.05) is 0 Å². The fourth-order valence-corrected chi connectivity index (χ4v) is 4.02. The molecule has 0 amide bonds. The van der Waals surface area contributed by atoms with Crippen LogP contribution in [0.15, 0.2) is 127 Å². The number of aromatic amines is 1. The van der Waals surface area contributed by atoms with Gasteiger partial charge >= 0.3 is 0 Å². The van der Waals surface area contributed by atoms with Gasteiger partial charge in [0.05, 0.1) is 0 Å². The number of rotatable bonds is 2. The van der Waals surface area contributed by atoms with E-state index in [0.29, 0.717) is 0 Å². The van der Waals surface area contributed by atoms with E-state index in [9.17, 15) is 0 Å². The molecule has 0 aliphatic carbocycles. The molecule has 1 heterocycles. The molecule has 0 unspecified atom stereocenters. The Hall–Kier alpha value is -4.10. The lowest BCUT2D eigenvalue weighted by molar-refractivity contribution is 1.47. The van der Waals surface area contributed by atoms with Gasteiger partial charge in [0, 0.05) is 21.8 Å². The third kappa shape index (κ3) is 5.27. The molecular formula is C33H31N. The van der Waals surface area contributed by atoms with Crippen molar-refractivity contribution < 1.29 is 0 Å². The van der Waals surface area contributed by atoms with Crippen molar-refractivity contribution in [3.8, 4) is 22.3 Å². The normalized spacial score (nSPS) is 10.2. The molecule has 0 saturated carbocycles. The minimum atomic E-state index is 1.18. The Morgan fingerprint density at radius 2 is 0.794 bits per heavy atom. The van der Waals surface area contributed by atoms with Gasteiger partial charge in [-0.1, -0.05) is 123 Å². The van der Waals surface area contributed by atoms with Crippen LogP contribution in [-0.2, 0) is 0 Å². The molecule has 0 radical (unpaired) electrons. The summed E-state index contributed by atoms with van der Waals surface area (Å²) in [5.41, 5.74) is 8.66. The summed E-state index contributed by atoms with van der Waals surface area (Å²) in [6, 6.07) is 44.6. The van der Waals surface area contributed by atoms with Crippen LogP contribution >= 0.6 is 0 Å². The van der Waals surface area contributed by atoms with Crippen molar-refractivity contribution in [3.05, 3.63) is 133 Å². The van der Waals surface area contributed by atoms with Crippen molar-refractivity contribution >= 4 is 21.8 Å². The first-order valence-electron chi connectivity index (χ1n) is 12.0. The Morgan fingerprint density at radius 1 is 0.412 bits per heavy atom. The Balaban J connectivity index is 0.000000296. The van der Waals surface area contributed by atoms with Crippen molar-refractivity contribution in [1.29, 1.82) is 0 Å². The fourth-order valence-electron chi connectivity index (χ4n) is 4.02. The van der Waals surface area contributed by atoms with Crippen LogP contribution in [0, 0.1) is 6.92 Å². The zero-order valence-electron chi connectivity index (χ0n) is 20.1. The molecule has 6 rings (SSSR count). The van der Waals surface area contributed by atoms with Crippen LogP contribution < -0.4 is 0 Å². The molecular weight excluding hydrogens is 410 g/mol. The van der Waals surface area contributed by atoms with Crippen LogP contribution in [-0.4, -0.2) is 4.98 Å². The van der Waals surface area contributed by atoms with Gasteiger partial charge in [-0.05, 0) is 53.4 Å². The van der Waals surface area contributed by atoms with Gasteiger partial charge in [0.15, 0.2) is 0 Å². The largest absolute Gasteiger partial charge is 0.355 e. The average molecular weight is 442 g/mol. The topological polar surface area (TPSA) is 15.8 Å². The predicted octanol–water partition coefficient (Wildman–Crippen LogP) is 9.68. The van der Waals surface area contributed by atoms with Crippen LogP contribution in [0.1, 0.15) is 19.4 Å². The molecule has 0 spiro atoms. The first-order chi connectivity index (χ1) is 16.8. The zero-order valence-corrected chi connectivity index (χ0v) is 20.1. The summed E-state index contributed by atoms with van der Waals surface area (Å²) in [5.74, 6) is 0. The van der Waals surface area contributed by atoms with Gasteiger partial charge in [0.2, 0.25) is 0 Å². The number of aromatic nitrogens is 1. The summed E-state index contributed by atoms with van der Waals surface area (Å²) in [6.07, 6.45) is 0. The highest BCUT2D eigenvalue weighted by molar-refractivity contribution is 6.09. The fraction of sp³-hybridized carbons (Fsp3) is 0.0909. The van der Waals surface area contributed by atoms with E-state index in [1.54, 1.807) is 0 Å². The van der Waals surface area contributed by atoms with E-state index in [1.807, 2.05) is 50.2 Å². The number of nitrogens with one attached hydrogen (secondary N) is 1. The van der Waals surface area contributed by atoms with E-state index in [1.165, 1.54) is 49.6 Å². The molecule has 0 atom stereocenters.